The van der Waals surface area contributed by atoms with E-state index in [1.165, 1.54) is 0 Å². The van der Waals surface area contributed by atoms with E-state index >= 15 is 0 Å². The van der Waals surface area contributed by atoms with Crippen molar-refractivity contribution in [1.82, 2.24) is 25.1 Å². The molecule has 0 aliphatic carbocycles. The Morgan fingerprint density at radius 3 is 2.68 bits per heavy atom. The second-order valence-corrected chi connectivity index (χ2v) is 6.93. The standard InChI is InChI=1S/C18H23N5O2/c1-11-10-14-15(12(2)25-11)21-22-16(14)18(24)23-8-4-13(5-9-23)17-19-6-3-7-20-17/h3,6-7,11-13H,4-5,8-10H2,1-2H3,(H,21,22)/t11-,12+/m1/s1. The van der Waals surface area contributed by atoms with E-state index in [0.29, 0.717) is 24.7 Å². The summed E-state index contributed by atoms with van der Waals surface area (Å²) in [5, 5.41) is 7.32. The average Bonchev–Trinajstić information content (AvgIpc) is 3.06. The van der Waals surface area contributed by atoms with Crippen LogP contribution in [-0.4, -0.2) is 50.2 Å². The van der Waals surface area contributed by atoms with Gasteiger partial charge in [-0.15, -0.1) is 0 Å². The van der Waals surface area contributed by atoms with E-state index in [2.05, 4.69) is 20.2 Å². The summed E-state index contributed by atoms with van der Waals surface area (Å²) in [7, 11) is 0. The van der Waals surface area contributed by atoms with Gasteiger partial charge in [0.05, 0.1) is 17.9 Å². The number of carbonyl (C=O) groups excluding carboxylic acids is 1. The van der Waals surface area contributed by atoms with Gasteiger partial charge in [0.25, 0.3) is 5.91 Å². The highest BCUT2D eigenvalue weighted by atomic mass is 16.5. The molecule has 0 aromatic carbocycles. The largest absolute Gasteiger partial charge is 0.369 e. The number of aromatic nitrogens is 4. The number of hydrogen-bond acceptors (Lipinski definition) is 5. The summed E-state index contributed by atoms with van der Waals surface area (Å²) in [6.45, 7) is 5.45. The maximum absolute atomic E-state index is 13.0. The van der Waals surface area contributed by atoms with Crippen molar-refractivity contribution in [3.8, 4) is 0 Å². The normalized spacial score (nSPS) is 24.2. The summed E-state index contributed by atoms with van der Waals surface area (Å²) >= 11 is 0. The van der Waals surface area contributed by atoms with Gasteiger partial charge in [0.1, 0.15) is 5.82 Å². The highest BCUT2D eigenvalue weighted by Crippen LogP contribution is 2.32. The number of fused-ring (bicyclic) bond motifs is 1. The van der Waals surface area contributed by atoms with Gasteiger partial charge in [0.15, 0.2) is 5.69 Å². The van der Waals surface area contributed by atoms with Gasteiger partial charge in [-0.05, 0) is 32.8 Å². The highest BCUT2D eigenvalue weighted by molar-refractivity contribution is 5.94. The van der Waals surface area contributed by atoms with Crippen LogP contribution in [0.15, 0.2) is 18.5 Å². The number of likely N-dealkylation sites (tertiary alicyclic amines) is 1. The number of hydrogen-bond donors (Lipinski definition) is 1. The zero-order valence-corrected chi connectivity index (χ0v) is 14.6. The molecule has 0 bridgehead atoms. The fourth-order valence-electron chi connectivity index (χ4n) is 3.86. The molecular weight excluding hydrogens is 318 g/mol. The summed E-state index contributed by atoms with van der Waals surface area (Å²) in [4.78, 5) is 23.6. The van der Waals surface area contributed by atoms with Crippen molar-refractivity contribution in [3.05, 3.63) is 41.2 Å². The predicted molar refractivity (Wildman–Crippen MR) is 91.2 cm³/mol. The van der Waals surface area contributed by atoms with E-state index in [9.17, 15) is 4.79 Å². The number of nitrogens with zero attached hydrogens (tertiary/aromatic N) is 4. The lowest BCUT2D eigenvalue weighted by molar-refractivity contribution is -0.00703. The molecule has 132 valence electrons. The van der Waals surface area contributed by atoms with Gasteiger partial charge in [-0.25, -0.2) is 9.97 Å². The lowest BCUT2D eigenvalue weighted by Gasteiger charge is -2.31. The van der Waals surface area contributed by atoms with Crippen molar-refractivity contribution >= 4 is 5.91 Å². The number of piperidine rings is 1. The van der Waals surface area contributed by atoms with Crippen LogP contribution in [0.1, 0.15) is 66.3 Å². The first-order valence-electron chi connectivity index (χ1n) is 8.92. The van der Waals surface area contributed by atoms with Crippen LogP contribution >= 0.6 is 0 Å². The molecular formula is C18H23N5O2. The number of H-pyrrole nitrogens is 1. The Morgan fingerprint density at radius 2 is 1.96 bits per heavy atom. The summed E-state index contributed by atoms with van der Waals surface area (Å²) in [6.07, 6.45) is 6.12. The van der Waals surface area contributed by atoms with E-state index in [1.54, 1.807) is 12.4 Å². The molecule has 4 heterocycles. The van der Waals surface area contributed by atoms with Crippen LogP contribution in [0.3, 0.4) is 0 Å². The lowest BCUT2D eigenvalue weighted by Crippen LogP contribution is -2.39. The van der Waals surface area contributed by atoms with E-state index < -0.39 is 0 Å². The minimum atomic E-state index is -0.0474. The molecule has 1 fully saturated rings. The molecule has 2 aromatic rings. The van der Waals surface area contributed by atoms with Gasteiger partial charge in [-0.3, -0.25) is 9.89 Å². The van der Waals surface area contributed by atoms with Crippen molar-refractivity contribution in [1.29, 1.82) is 0 Å². The van der Waals surface area contributed by atoms with Gasteiger partial charge in [-0.1, -0.05) is 0 Å². The molecule has 2 aliphatic rings. The van der Waals surface area contributed by atoms with Gasteiger partial charge in [0.2, 0.25) is 0 Å². The van der Waals surface area contributed by atoms with Gasteiger partial charge >= 0.3 is 0 Å². The van der Waals surface area contributed by atoms with Crippen LogP contribution in [0.25, 0.3) is 0 Å². The minimum absolute atomic E-state index is 0.0197. The van der Waals surface area contributed by atoms with Crippen molar-refractivity contribution in [2.45, 2.75) is 51.2 Å². The Labute approximate surface area is 146 Å². The predicted octanol–water partition coefficient (Wildman–Crippen LogP) is 2.24. The zero-order chi connectivity index (χ0) is 17.4. The quantitative estimate of drug-likeness (QED) is 0.905. The number of ether oxygens (including phenoxy) is 1. The second-order valence-electron chi connectivity index (χ2n) is 6.93. The van der Waals surface area contributed by atoms with E-state index in [4.69, 9.17) is 4.74 Å². The molecule has 2 atom stereocenters. The van der Waals surface area contributed by atoms with Gasteiger partial charge in [-0.2, -0.15) is 5.10 Å². The summed E-state index contributed by atoms with van der Waals surface area (Å²) < 4.78 is 5.80. The van der Waals surface area contributed by atoms with Crippen LogP contribution in [-0.2, 0) is 11.2 Å². The van der Waals surface area contributed by atoms with Gasteiger partial charge < -0.3 is 9.64 Å². The Balaban J connectivity index is 1.47. The third-order valence-corrected chi connectivity index (χ3v) is 5.17. The second kappa shape index (κ2) is 6.55. The number of carbonyl (C=O) groups is 1. The first-order chi connectivity index (χ1) is 12.1. The third-order valence-electron chi connectivity index (χ3n) is 5.17. The molecule has 25 heavy (non-hydrogen) atoms. The Morgan fingerprint density at radius 1 is 1.24 bits per heavy atom. The van der Waals surface area contributed by atoms with E-state index in [0.717, 1.165) is 36.3 Å². The van der Waals surface area contributed by atoms with E-state index in [1.807, 2.05) is 24.8 Å². The maximum Gasteiger partial charge on any atom is 0.274 e. The number of rotatable bonds is 2. The molecule has 2 aliphatic heterocycles. The zero-order valence-electron chi connectivity index (χ0n) is 14.6. The molecule has 0 radical (unpaired) electrons. The van der Waals surface area contributed by atoms with Crippen molar-refractivity contribution in [2.24, 2.45) is 0 Å². The Bertz CT molecular complexity index is 752. The fourth-order valence-corrected chi connectivity index (χ4v) is 3.86. The van der Waals surface area contributed by atoms with Crippen LogP contribution in [0.4, 0.5) is 0 Å². The summed E-state index contributed by atoms with van der Waals surface area (Å²) in [5.41, 5.74) is 2.52. The molecule has 0 saturated carbocycles. The van der Waals surface area contributed by atoms with Gasteiger partial charge in [0, 0.05) is 43.4 Å². The molecule has 7 nitrogen and oxygen atoms in total. The fraction of sp³-hybridized carbons (Fsp3) is 0.556. The van der Waals surface area contributed by atoms with Crippen LogP contribution in [0.2, 0.25) is 0 Å². The van der Waals surface area contributed by atoms with Crippen molar-refractivity contribution < 1.29 is 9.53 Å². The first-order valence-corrected chi connectivity index (χ1v) is 8.92. The summed E-state index contributed by atoms with van der Waals surface area (Å²) in [5.74, 6) is 1.23. The molecule has 2 aromatic heterocycles. The molecule has 0 unspecified atom stereocenters. The highest BCUT2D eigenvalue weighted by Gasteiger charge is 2.33. The third kappa shape index (κ3) is 3.04. The molecule has 4 rings (SSSR count). The molecule has 7 heteroatoms. The van der Waals surface area contributed by atoms with Crippen LogP contribution in [0.5, 0.6) is 0 Å². The SMILES string of the molecule is C[C@@H]1Cc2c(C(=O)N3CCC(c4ncccn4)CC3)n[nH]c2[C@H](C)O1. The van der Waals surface area contributed by atoms with Crippen molar-refractivity contribution in [2.75, 3.05) is 13.1 Å². The van der Waals surface area contributed by atoms with Crippen LogP contribution < -0.4 is 0 Å². The lowest BCUT2D eigenvalue weighted by atomic mass is 9.95. The molecule has 0 spiro atoms. The maximum atomic E-state index is 13.0. The molecule has 1 saturated heterocycles. The number of nitrogens with one attached hydrogen (secondary N) is 1. The van der Waals surface area contributed by atoms with Crippen LogP contribution in [0, 0.1) is 0 Å². The number of amides is 1. The summed E-state index contributed by atoms with van der Waals surface area (Å²) in [6, 6.07) is 1.83. The molecule has 1 N–H and O–H groups in total. The minimum Gasteiger partial charge on any atom is -0.369 e. The molecule has 1 amide bonds. The Kier molecular flexibility index (Phi) is 4.25. The van der Waals surface area contributed by atoms with E-state index in [-0.39, 0.29) is 18.1 Å². The topological polar surface area (TPSA) is 84.0 Å². The first kappa shape index (κ1) is 16.2. The monoisotopic (exact) mass is 341 g/mol. The Hall–Kier alpha value is -2.28. The smallest absolute Gasteiger partial charge is 0.274 e. The average molecular weight is 341 g/mol. The van der Waals surface area contributed by atoms with Crippen molar-refractivity contribution in [3.63, 3.8) is 0 Å². The number of aromatic amines is 1.